The van der Waals surface area contributed by atoms with Crippen LogP contribution in [0.15, 0.2) is 0 Å². The number of carboxylic acid groups (broad SMARTS) is 1. The third-order valence-corrected chi connectivity index (χ3v) is 3.62. The molecule has 3 unspecified atom stereocenters. The molecule has 5 nitrogen and oxygen atoms in total. The Kier molecular flexibility index (Phi) is 5.14. The second-order valence-electron chi connectivity index (χ2n) is 5.45. The highest BCUT2D eigenvalue weighted by Crippen LogP contribution is 2.19. The second kappa shape index (κ2) is 6.18. The minimum atomic E-state index is -1.14. The number of piperidine rings is 1. The van der Waals surface area contributed by atoms with Crippen LogP contribution in [0.1, 0.15) is 46.5 Å². The Morgan fingerprint density at radius 1 is 1.50 bits per heavy atom. The lowest BCUT2D eigenvalue weighted by molar-refractivity contribution is -0.148. The molecule has 104 valence electrons. The van der Waals surface area contributed by atoms with Gasteiger partial charge in [-0.1, -0.05) is 13.3 Å². The SMILES string of the molecule is CCCC(C)(NC(=O)C1CCNC(C)C1)C(=O)O. The van der Waals surface area contributed by atoms with Crippen LogP contribution in [-0.2, 0) is 9.59 Å². The Balaban J connectivity index is 2.63. The van der Waals surface area contributed by atoms with Gasteiger partial charge in [0.1, 0.15) is 5.54 Å². The average molecular weight is 256 g/mol. The van der Waals surface area contributed by atoms with Crippen molar-refractivity contribution in [1.82, 2.24) is 10.6 Å². The lowest BCUT2D eigenvalue weighted by Crippen LogP contribution is -2.55. The van der Waals surface area contributed by atoms with Crippen LogP contribution >= 0.6 is 0 Å². The Morgan fingerprint density at radius 3 is 2.67 bits per heavy atom. The lowest BCUT2D eigenvalue weighted by Gasteiger charge is -2.31. The van der Waals surface area contributed by atoms with Gasteiger partial charge in [0.2, 0.25) is 5.91 Å². The average Bonchev–Trinajstić information content (AvgIpc) is 2.29. The van der Waals surface area contributed by atoms with Gasteiger partial charge in [0.15, 0.2) is 0 Å². The normalized spacial score (nSPS) is 27.3. The van der Waals surface area contributed by atoms with E-state index in [1.165, 1.54) is 0 Å². The molecule has 0 aromatic heterocycles. The summed E-state index contributed by atoms with van der Waals surface area (Å²) in [6.07, 6.45) is 2.73. The van der Waals surface area contributed by atoms with Gasteiger partial charge in [-0.05, 0) is 39.7 Å². The number of hydrogen-bond donors (Lipinski definition) is 3. The maximum Gasteiger partial charge on any atom is 0.329 e. The van der Waals surface area contributed by atoms with Crippen LogP contribution in [0.2, 0.25) is 0 Å². The van der Waals surface area contributed by atoms with Gasteiger partial charge in [0, 0.05) is 12.0 Å². The summed E-state index contributed by atoms with van der Waals surface area (Å²) in [7, 11) is 0. The Hall–Kier alpha value is -1.10. The molecule has 0 radical (unpaired) electrons. The highest BCUT2D eigenvalue weighted by Gasteiger charge is 2.36. The van der Waals surface area contributed by atoms with E-state index in [2.05, 4.69) is 10.6 Å². The second-order valence-corrected chi connectivity index (χ2v) is 5.45. The molecule has 18 heavy (non-hydrogen) atoms. The number of aliphatic carboxylic acids is 1. The van der Waals surface area contributed by atoms with Crippen molar-refractivity contribution in [3.63, 3.8) is 0 Å². The number of nitrogens with one attached hydrogen (secondary N) is 2. The molecule has 0 aromatic rings. The van der Waals surface area contributed by atoms with E-state index in [0.717, 1.165) is 25.8 Å². The van der Waals surface area contributed by atoms with Crippen LogP contribution in [0.5, 0.6) is 0 Å². The first kappa shape index (κ1) is 15.0. The monoisotopic (exact) mass is 256 g/mol. The van der Waals surface area contributed by atoms with Crippen LogP contribution in [0.25, 0.3) is 0 Å². The van der Waals surface area contributed by atoms with E-state index in [-0.39, 0.29) is 11.8 Å². The highest BCUT2D eigenvalue weighted by molar-refractivity contribution is 5.87. The third kappa shape index (κ3) is 3.70. The topological polar surface area (TPSA) is 78.4 Å². The molecule has 1 saturated heterocycles. The molecular weight excluding hydrogens is 232 g/mol. The zero-order chi connectivity index (χ0) is 13.8. The van der Waals surface area contributed by atoms with Crippen molar-refractivity contribution in [3.8, 4) is 0 Å². The molecule has 3 atom stereocenters. The Morgan fingerprint density at radius 2 is 2.17 bits per heavy atom. The zero-order valence-corrected chi connectivity index (χ0v) is 11.5. The number of carbonyl (C=O) groups is 2. The molecule has 3 N–H and O–H groups in total. The van der Waals surface area contributed by atoms with Crippen molar-refractivity contribution in [1.29, 1.82) is 0 Å². The number of hydrogen-bond acceptors (Lipinski definition) is 3. The van der Waals surface area contributed by atoms with Crippen molar-refractivity contribution in [2.75, 3.05) is 6.54 Å². The van der Waals surface area contributed by atoms with Gasteiger partial charge < -0.3 is 15.7 Å². The summed E-state index contributed by atoms with van der Waals surface area (Å²) in [5, 5.41) is 15.2. The summed E-state index contributed by atoms with van der Waals surface area (Å²) in [6.45, 7) is 6.36. The number of amides is 1. The molecule has 1 aliphatic rings. The number of carboxylic acids is 1. The van der Waals surface area contributed by atoms with E-state index in [1.807, 2.05) is 13.8 Å². The van der Waals surface area contributed by atoms with Gasteiger partial charge >= 0.3 is 5.97 Å². The molecule has 0 spiro atoms. The number of rotatable bonds is 5. The fourth-order valence-electron chi connectivity index (χ4n) is 2.47. The molecule has 0 aliphatic carbocycles. The van der Waals surface area contributed by atoms with Crippen LogP contribution in [0.4, 0.5) is 0 Å². The van der Waals surface area contributed by atoms with E-state index >= 15 is 0 Å². The van der Waals surface area contributed by atoms with Crippen LogP contribution in [0.3, 0.4) is 0 Å². The summed E-state index contributed by atoms with van der Waals surface area (Å²) >= 11 is 0. The van der Waals surface area contributed by atoms with E-state index < -0.39 is 11.5 Å². The summed E-state index contributed by atoms with van der Waals surface area (Å²) < 4.78 is 0. The maximum atomic E-state index is 12.1. The minimum Gasteiger partial charge on any atom is -0.480 e. The van der Waals surface area contributed by atoms with E-state index in [4.69, 9.17) is 0 Å². The minimum absolute atomic E-state index is 0.0724. The fourth-order valence-corrected chi connectivity index (χ4v) is 2.47. The van der Waals surface area contributed by atoms with Gasteiger partial charge in [-0.25, -0.2) is 4.79 Å². The third-order valence-electron chi connectivity index (χ3n) is 3.62. The first-order valence-corrected chi connectivity index (χ1v) is 6.68. The maximum absolute atomic E-state index is 12.1. The van der Waals surface area contributed by atoms with E-state index in [9.17, 15) is 14.7 Å². The highest BCUT2D eigenvalue weighted by atomic mass is 16.4. The predicted octanol–water partition coefficient (Wildman–Crippen LogP) is 1.13. The first-order chi connectivity index (χ1) is 8.39. The molecule has 1 rings (SSSR count). The fraction of sp³-hybridized carbons (Fsp3) is 0.846. The summed E-state index contributed by atoms with van der Waals surface area (Å²) in [5.74, 6) is -1.15. The van der Waals surface area contributed by atoms with Crippen LogP contribution < -0.4 is 10.6 Å². The zero-order valence-electron chi connectivity index (χ0n) is 11.5. The number of carbonyl (C=O) groups excluding carboxylic acids is 1. The summed E-state index contributed by atoms with van der Waals surface area (Å²) in [5.41, 5.74) is -1.14. The van der Waals surface area contributed by atoms with E-state index in [0.29, 0.717) is 12.5 Å². The molecule has 0 bridgehead atoms. The molecule has 1 aliphatic heterocycles. The van der Waals surface area contributed by atoms with Crippen LogP contribution in [0, 0.1) is 5.92 Å². The lowest BCUT2D eigenvalue weighted by atomic mass is 9.90. The molecular formula is C13H24N2O3. The Bertz CT molecular complexity index is 319. The van der Waals surface area contributed by atoms with Crippen molar-refractivity contribution in [2.45, 2.75) is 58.0 Å². The van der Waals surface area contributed by atoms with Gasteiger partial charge in [-0.2, -0.15) is 0 Å². The Labute approximate surface area is 108 Å². The van der Waals surface area contributed by atoms with Crippen molar-refractivity contribution in [3.05, 3.63) is 0 Å². The van der Waals surface area contributed by atoms with Gasteiger partial charge in [0.25, 0.3) is 0 Å². The molecule has 1 fully saturated rings. The standard InChI is InChI=1S/C13H24N2O3/c1-4-6-13(3,12(17)18)15-11(16)10-5-7-14-9(2)8-10/h9-10,14H,4-8H2,1-3H3,(H,15,16)(H,17,18). The molecule has 0 saturated carbocycles. The largest absolute Gasteiger partial charge is 0.480 e. The van der Waals surface area contributed by atoms with Crippen molar-refractivity contribution in [2.24, 2.45) is 5.92 Å². The van der Waals surface area contributed by atoms with Gasteiger partial charge in [0.05, 0.1) is 0 Å². The van der Waals surface area contributed by atoms with Crippen molar-refractivity contribution >= 4 is 11.9 Å². The molecule has 0 aromatic carbocycles. The summed E-state index contributed by atoms with van der Waals surface area (Å²) in [4.78, 5) is 23.4. The smallest absolute Gasteiger partial charge is 0.329 e. The predicted molar refractivity (Wildman–Crippen MR) is 69.3 cm³/mol. The van der Waals surface area contributed by atoms with Crippen molar-refractivity contribution < 1.29 is 14.7 Å². The summed E-state index contributed by atoms with van der Waals surface area (Å²) in [6, 6.07) is 0.316. The molecule has 5 heteroatoms. The molecule has 1 heterocycles. The van der Waals surface area contributed by atoms with Gasteiger partial charge in [-0.15, -0.1) is 0 Å². The quantitative estimate of drug-likeness (QED) is 0.689. The van der Waals surface area contributed by atoms with Gasteiger partial charge in [-0.3, -0.25) is 4.79 Å². The van der Waals surface area contributed by atoms with Crippen LogP contribution in [-0.4, -0.2) is 35.1 Å². The molecule has 1 amide bonds. The first-order valence-electron chi connectivity index (χ1n) is 6.68. The van der Waals surface area contributed by atoms with E-state index in [1.54, 1.807) is 6.92 Å².